The molecule has 1 unspecified atom stereocenters. The Hall–Kier alpha value is -1.13. The predicted molar refractivity (Wildman–Crippen MR) is 89.3 cm³/mol. The molecular weight excluding hydrogens is 326 g/mol. The van der Waals surface area contributed by atoms with Crippen LogP contribution in [0.5, 0.6) is 0 Å². The molecule has 0 spiro atoms. The maximum Gasteiger partial charge on any atom is 0.0627 e. The van der Waals surface area contributed by atoms with Gasteiger partial charge in [0, 0.05) is 23.8 Å². The number of nitrogens with one attached hydrogen (secondary N) is 1. The number of nitrogens with zero attached hydrogens (tertiary/aromatic N) is 2. The van der Waals surface area contributed by atoms with E-state index < -0.39 is 0 Å². The highest BCUT2D eigenvalue weighted by atomic mass is 79.9. The first-order valence-electron chi connectivity index (χ1n) is 7.65. The van der Waals surface area contributed by atoms with Gasteiger partial charge >= 0.3 is 0 Å². The minimum atomic E-state index is 0.599. The van der Waals surface area contributed by atoms with Gasteiger partial charge in [0.25, 0.3) is 0 Å². The van der Waals surface area contributed by atoms with Gasteiger partial charge < -0.3 is 5.32 Å². The van der Waals surface area contributed by atoms with Crippen molar-refractivity contribution >= 4 is 15.9 Å². The fourth-order valence-electron chi connectivity index (χ4n) is 2.66. The molecule has 21 heavy (non-hydrogen) atoms. The average molecular weight is 348 g/mol. The molecule has 1 aliphatic carbocycles. The molecule has 0 bridgehead atoms. The zero-order valence-electron chi connectivity index (χ0n) is 12.4. The number of hydrogen-bond donors (Lipinski definition) is 1. The largest absolute Gasteiger partial charge is 0.314 e. The Kier molecular flexibility index (Phi) is 4.76. The van der Waals surface area contributed by atoms with Crippen molar-refractivity contribution in [2.75, 3.05) is 6.54 Å². The number of aromatic nitrogens is 2. The SMILES string of the molecule is Cn1ccc(CC(CNC2CC2)Cc2ccc(Br)cc2)n1. The van der Waals surface area contributed by atoms with Crippen molar-refractivity contribution < 1.29 is 0 Å². The Morgan fingerprint density at radius 1 is 1.24 bits per heavy atom. The molecule has 3 nitrogen and oxygen atoms in total. The number of rotatable bonds is 7. The van der Waals surface area contributed by atoms with Crippen molar-refractivity contribution in [3.63, 3.8) is 0 Å². The van der Waals surface area contributed by atoms with E-state index in [4.69, 9.17) is 0 Å². The minimum absolute atomic E-state index is 0.599. The Morgan fingerprint density at radius 2 is 2.00 bits per heavy atom. The van der Waals surface area contributed by atoms with Gasteiger partial charge in [-0.2, -0.15) is 5.10 Å². The fraction of sp³-hybridized carbons (Fsp3) is 0.471. The van der Waals surface area contributed by atoms with Gasteiger partial charge in [0.05, 0.1) is 5.69 Å². The smallest absolute Gasteiger partial charge is 0.0627 e. The van der Waals surface area contributed by atoms with E-state index >= 15 is 0 Å². The van der Waals surface area contributed by atoms with Gasteiger partial charge in [-0.05, 0) is 61.9 Å². The molecule has 4 heteroatoms. The van der Waals surface area contributed by atoms with Crippen LogP contribution in [0.4, 0.5) is 0 Å². The van der Waals surface area contributed by atoms with Gasteiger partial charge in [-0.3, -0.25) is 4.68 Å². The standard InChI is InChI=1S/C17H22BrN3/c1-21-9-8-17(20-21)11-14(12-19-16-6-7-16)10-13-2-4-15(18)5-3-13/h2-5,8-9,14,16,19H,6-7,10-12H2,1H3. The van der Waals surface area contributed by atoms with Gasteiger partial charge in [0.15, 0.2) is 0 Å². The van der Waals surface area contributed by atoms with Crippen LogP contribution in [-0.4, -0.2) is 22.4 Å². The highest BCUT2D eigenvalue weighted by Gasteiger charge is 2.22. The third-order valence-electron chi connectivity index (χ3n) is 3.98. The van der Waals surface area contributed by atoms with Crippen LogP contribution in [0, 0.1) is 5.92 Å². The molecule has 0 aliphatic heterocycles. The monoisotopic (exact) mass is 347 g/mol. The fourth-order valence-corrected chi connectivity index (χ4v) is 2.92. The molecule has 1 saturated carbocycles. The van der Waals surface area contributed by atoms with E-state index in [1.54, 1.807) is 0 Å². The summed E-state index contributed by atoms with van der Waals surface area (Å²) in [5.74, 6) is 0.599. The van der Waals surface area contributed by atoms with Crippen molar-refractivity contribution in [1.29, 1.82) is 0 Å². The van der Waals surface area contributed by atoms with E-state index in [0.717, 1.165) is 29.9 Å². The second-order valence-corrected chi connectivity index (χ2v) is 6.98. The summed E-state index contributed by atoms with van der Waals surface area (Å²) >= 11 is 3.50. The lowest BCUT2D eigenvalue weighted by atomic mass is 9.94. The molecule has 112 valence electrons. The van der Waals surface area contributed by atoms with E-state index in [1.807, 2.05) is 17.9 Å². The number of aryl methyl sites for hydroxylation is 1. The zero-order valence-corrected chi connectivity index (χ0v) is 14.0. The molecule has 1 fully saturated rings. The van der Waals surface area contributed by atoms with Crippen LogP contribution in [-0.2, 0) is 19.9 Å². The van der Waals surface area contributed by atoms with Gasteiger partial charge in [-0.25, -0.2) is 0 Å². The van der Waals surface area contributed by atoms with Crippen molar-refractivity contribution in [2.24, 2.45) is 13.0 Å². The molecule has 1 heterocycles. The third kappa shape index (κ3) is 4.68. The van der Waals surface area contributed by atoms with Crippen LogP contribution >= 0.6 is 15.9 Å². The molecule has 1 aromatic carbocycles. The van der Waals surface area contributed by atoms with E-state index in [-0.39, 0.29) is 0 Å². The highest BCUT2D eigenvalue weighted by Crippen LogP contribution is 2.21. The highest BCUT2D eigenvalue weighted by molar-refractivity contribution is 9.10. The molecule has 0 saturated heterocycles. The van der Waals surface area contributed by atoms with Crippen LogP contribution in [0.15, 0.2) is 41.0 Å². The maximum atomic E-state index is 4.53. The van der Waals surface area contributed by atoms with Crippen LogP contribution in [0.1, 0.15) is 24.1 Å². The predicted octanol–water partition coefficient (Wildman–Crippen LogP) is 3.34. The van der Waals surface area contributed by atoms with E-state index in [9.17, 15) is 0 Å². The maximum absolute atomic E-state index is 4.53. The Bertz CT molecular complexity index is 572. The summed E-state index contributed by atoms with van der Waals surface area (Å²) in [5, 5.41) is 8.20. The first-order valence-corrected chi connectivity index (χ1v) is 8.44. The molecule has 3 rings (SSSR count). The van der Waals surface area contributed by atoms with Crippen molar-refractivity contribution in [2.45, 2.75) is 31.7 Å². The molecule has 1 aliphatic rings. The summed E-state index contributed by atoms with van der Waals surface area (Å²) in [6, 6.07) is 11.6. The van der Waals surface area contributed by atoms with Crippen LogP contribution in [0.3, 0.4) is 0 Å². The van der Waals surface area contributed by atoms with Crippen molar-refractivity contribution in [1.82, 2.24) is 15.1 Å². The van der Waals surface area contributed by atoms with Crippen LogP contribution < -0.4 is 5.32 Å². The summed E-state index contributed by atoms with van der Waals surface area (Å²) in [6.07, 6.45) is 6.85. The number of hydrogen-bond acceptors (Lipinski definition) is 2. The van der Waals surface area contributed by atoms with Crippen molar-refractivity contribution in [3.05, 3.63) is 52.3 Å². The molecular formula is C17H22BrN3. The van der Waals surface area contributed by atoms with Crippen LogP contribution in [0.25, 0.3) is 0 Å². The Balaban J connectivity index is 1.63. The lowest BCUT2D eigenvalue weighted by Gasteiger charge is -2.17. The molecule has 0 radical (unpaired) electrons. The molecule has 1 atom stereocenters. The van der Waals surface area contributed by atoms with Crippen molar-refractivity contribution in [3.8, 4) is 0 Å². The summed E-state index contributed by atoms with van der Waals surface area (Å²) in [4.78, 5) is 0. The summed E-state index contributed by atoms with van der Waals surface area (Å²) in [5.41, 5.74) is 2.59. The van der Waals surface area contributed by atoms with Gasteiger partial charge in [-0.1, -0.05) is 28.1 Å². The number of halogens is 1. The zero-order chi connectivity index (χ0) is 14.7. The Labute approximate surface area is 134 Å². The van der Waals surface area contributed by atoms with Gasteiger partial charge in [0.1, 0.15) is 0 Å². The molecule has 1 aromatic heterocycles. The topological polar surface area (TPSA) is 29.9 Å². The van der Waals surface area contributed by atoms with Crippen LogP contribution in [0.2, 0.25) is 0 Å². The quantitative estimate of drug-likeness (QED) is 0.832. The van der Waals surface area contributed by atoms with Gasteiger partial charge in [0.2, 0.25) is 0 Å². The molecule has 1 N–H and O–H groups in total. The summed E-state index contributed by atoms with van der Waals surface area (Å²) < 4.78 is 3.03. The first kappa shape index (κ1) is 14.8. The minimum Gasteiger partial charge on any atom is -0.314 e. The first-order chi connectivity index (χ1) is 10.2. The molecule has 2 aromatic rings. The van der Waals surface area contributed by atoms with E-state index in [2.05, 4.69) is 56.7 Å². The second kappa shape index (κ2) is 6.75. The molecule has 0 amide bonds. The summed E-state index contributed by atoms with van der Waals surface area (Å²) in [6.45, 7) is 1.08. The van der Waals surface area contributed by atoms with E-state index in [1.165, 1.54) is 24.1 Å². The second-order valence-electron chi connectivity index (χ2n) is 6.06. The lowest BCUT2D eigenvalue weighted by molar-refractivity contribution is 0.462. The number of benzene rings is 1. The van der Waals surface area contributed by atoms with Gasteiger partial charge in [-0.15, -0.1) is 0 Å². The lowest BCUT2D eigenvalue weighted by Crippen LogP contribution is -2.27. The average Bonchev–Trinajstić information content (AvgIpc) is 3.21. The third-order valence-corrected chi connectivity index (χ3v) is 4.51. The Morgan fingerprint density at radius 3 is 2.62 bits per heavy atom. The normalized spacial score (nSPS) is 16.1. The summed E-state index contributed by atoms with van der Waals surface area (Å²) in [7, 11) is 1.98. The van der Waals surface area contributed by atoms with E-state index in [0.29, 0.717) is 5.92 Å².